The second-order valence-corrected chi connectivity index (χ2v) is 6.54. The fourth-order valence-corrected chi connectivity index (χ4v) is 2.91. The van der Waals surface area contributed by atoms with Gasteiger partial charge in [-0.05, 0) is 48.9 Å². The summed E-state index contributed by atoms with van der Waals surface area (Å²) in [6, 6.07) is 12.6. The van der Waals surface area contributed by atoms with Crippen LogP contribution in [-0.2, 0) is 4.79 Å². The van der Waals surface area contributed by atoms with Gasteiger partial charge in [0.15, 0.2) is 0 Å². The zero-order valence-electron chi connectivity index (χ0n) is 13.3. The van der Waals surface area contributed by atoms with Crippen LogP contribution in [0.25, 0.3) is 0 Å². The van der Waals surface area contributed by atoms with E-state index < -0.39 is 6.04 Å². The quantitative estimate of drug-likeness (QED) is 0.634. The van der Waals surface area contributed by atoms with Gasteiger partial charge in [0.25, 0.3) is 5.91 Å². The van der Waals surface area contributed by atoms with Crippen LogP contribution in [-0.4, -0.2) is 17.0 Å². The van der Waals surface area contributed by atoms with Crippen LogP contribution in [0, 0.1) is 0 Å². The Hall–Kier alpha value is -2.80. The topological polar surface area (TPSA) is 90.5 Å². The van der Waals surface area contributed by atoms with Crippen LogP contribution in [0.5, 0.6) is 5.75 Å². The van der Waals surface area contributed by atoms with Gasteiger partial charge in [-0.3, -0.25) is 4.79 Å². The number of hydrogen-bond donors (Lipinski definition) is 4. The number of urea groups is 1. The molecule has 1 aliphatic rings. The molecule has 2 aromatic rings. The van der Waals surface area contributed by atoms with Crippen LogP contribution in [0.1, 0.15) is 18.5 Å². The lowest BCUT2D eigenvalue weighted by molar-refractivity contribution is -0.113. The number of allylic oxidation sites excluding steroid dienone is 1. The van der Waals surface area contributed by atoms with E-state index in [-0.39, 0.29) is 17.7 Å². The maximum Gasteiger partial charge on any atom is 0.319 e. The predicted molar refractivity (Wildman–Crippen MR) is 98.0 cm³/mol. The van der Waals surface area contributed by atoms with Crippen LogP contribution in [0.4, 0.5) is 10.5 Å². The monoisotopic (exact) mass is 401 g/mol. The van der Waals surface area contributed by atoms with Gasteiger partial charge in [0, 0.05) is 15.9 Å². The van der Waals surface area contributed by atoms with E-state index in [9.17, 15) is 14.7 Å². The van der Waals surface area contributed by atoms with Crippen molar-refractivity contribution in [2.75, 3.05) is 5.32 Å². The molecule has 1 heterocycles. The first-order valence-electron chi connectivity index (χ1n) is 7.58. The molecule has 4 N–H and O–H groups in total. The summed E-state index contributed by atoms with van der Waals surface area (Å²) in [5, 5.41) is 17.7. The fourth-order valence-electron chi connectivity index (χ4n) is 2.64. The summed E-state index contributed by atoms with van der Waals surface area (Å²) >= 11 is 3.35. The molecule has 3 rings (SSSR count). The maximum absolute atomic E-state index is 12.8. The van der Waals surface area contributed by atoms with E-state index in [0.717, 1.165) is 4.47 Å². The third kappa shape index (κ3) is 3.83. The summed E-state index contributed by atoms with van der Waals surface area (Å²) in [5.74, 6) is -0.198. The zero-order valence-corrected chi connectivity index (χ0v) is 14.9. The molecule has 128 valence electrons. The minimum absolute atomic E-state index is 0.116. The number of benzene rings is 2. The van der Waals surface area contributed by atoms with E-state index in [1.165, 1.54) is 12.1 Å². The minimum atomic E-state index is -0.607. The second-order valence-electron chi connectivity index (χ2n) is 5.62. The van der Waals surface area contributed by atoms with E-state index in [1.54, 1.807) is 31.2 Å². The molecule has 0 bridgehead atoms. The first kappa shape index (κ1) is 17.0. The lowest BCUT2D eigenvalue weighted by atomic mass is 9.94. The number of nitrogens with one attached hydrogen (secondary N) is 3. The summed E-state index contributed by atoms with van der Waals surface area (Å²) in [5.41, 5.74) is 2.24. The fraction of sp³-hybridized carbons (Fsp3) is 0.111. The number of hydrogen-bond acceptors (Lipinski definition) is 3. The van der Waals surface area contributed by atoms with Crippen molar-refractivity contribution in [3.05, 3.63) is 69.8 Å². The molecular weight excluding hydrogens is 386 g/mol. The van der Waals surface area contributed by atoms with Crippen LogP contribution >= 0.6 is 15.9 Å². The van der Waals surface area contributed by atoms with Gasteiger partial charge in [0.2, 0.25) is 0 Å². The van der Waals surface area contributed by atoms with Crippen molar-refractivity contribution in [3.63, 3.8) is 0 Å². The number of phenols is 1. The number of halogens is 1. The smallest absolute Gasteiger partial charge is 0.319 e. The Morgan fingerprint density at radius 1 is 1.12 bits per heavy atom. The van der Waals surface area contributed by atoms with Crippen molar-refractivity contribution >= 4 is 33.6 Å². The van der Waals surface area contributed by atoms with Gasteiger partial charge in [-0.15, -0.1) is 0 Å². The van der Waals surface area contributed by atoms with Crippen molar-refractivity contribution in [1.82, 2.24) is 10.6 Å². The van der Waals surface area contributed by atoms with Crippen molar-refractivity contribution in [1.29, 1.82) is 0 Å². The summed E-state index contributed by atoms with van der Waals surface area (Å²) in [4.78, 5) is 24.6. The number of rotatable bonds is 3. The number of phenolic OH excluding ortho intramolecular Hbond substituents is 1. The molecule has 1 aliphatic heterocycles. The SMILES string of the molecule is CC1=C(C(=O)Nc2ccc(Br)cc2)[C@@H](c2ccc(O)cc2)NC(=O)N1. The highest BCUT2D eigenvalue weighted by molar-refractivity contribution is 9.10. The first-order chi connectivity index (χ1) is 11.9. The second kappa shape index (κ2) is 6.98. The molecule has 1 atom stereocenters. The van der Waals surface area contributed by atoms with E-state index in [0.29, 0.717) is 22.5 Å². The summed E-state index contributed by atoms with van der Waals surface area (Å²) in [7, 11) is 0. The van der Waals surface area contributed by atoms with Crippen LogP contribution in [0.3, 0.4) is 0 Å². The van der Waals surface area contributed by atoms with Crippen LogP contribution in [0.2, 0.25) is 0 Å². The van der Waals surface area contributed by atoms with Gasteiger partial charge >= 0.3 is 6.03 Å². The summed E-state index contributed by atoms with van der Waals surface area (Å²) in [6.07, 6.45) is 0. The van der Waals surface area contributed by atoms with Crippen LogP contribution in [0.15, 0.2) is 64.3 Å². The minimum Gasteiger partial charge on any atom is -0.508 e. The molecule has 0 aliphatic carbocycles. The van der Waals surface area contributed by atoms with Gasteiger partial charge < -0.3 is 21.1 Å². The Kier molecular flexibility index (Phi) is 4.76. The average Bonchev–Trinajstić information content (AvgIpc) is 2.57. The number of aromatic hydroxyl groups is 1. The van der Waals surface area contributed by atoms with Gasteiger partial charge in [0.05, 0.1) is 11.6 Å². The van der Waals surface area contributed by atoms with Crippen LogP contribution < -0.4 is 16.0 Å². The highest BCUT2D eigenvalue weighted by Crippen LogP contribution is 2.29. The third-order valence-electron chi connectivity index (χ3n) is 3.84. The zero-order chi connectivity index (χ0) is 18.0. The van der Waals surface area contributed by atoms with Gasteiger partial charge in [-0.1, -0.05) is 28.1 Å². The molecule has 2 aromatic carbocycles. The first-order valence-corrected chi connectivity index (χ1v) is 8.37. The van der Waals surface area contributed by atoms with E-state index in [2.05, 4.69) is 31.9 Å². The number of anilines is 1. The van der Waals surface area contributed by atoms with E-state index in [4.69, 9.17) is 0 Å². The lowest BCUT2D eigenvalue weighted by Gasteiger charge is -2.28. The Labute approximate surface area is 153 Å². The van der Waals surface area contributed by atoms with Gasteiger partial charge in [-0.2, -0.15) is 0 Å². The molecular formula is C18H16BrN3O3. The molecule has 25 heavy (non-hydrogen) atoms. The molecule has 0 unspecified atom stereocenters. The molecule has 3 amide bonds. The van der Waals surface area contributed by atoms with Gasteiger partial charge in [-0.25, -0.2) is 4.79 Å². The number of amides is 3. The van der Waals surface area contributed by atoms with E-state index in [1.807, 2.05) is 12.1 Å². The molecule has 0 fully saturated rings. The number of carbonyl (C=O) groups excluding carboxylic acids is 2. The highest BCUT2D eigenvalue weighted by Gasteiger charge is 2.31. The highest BCUT2D eigenvalue weighted by atomic mass is 79.9. The Morgan fingerprint density at radius 2 is 1.76 bits per heavy atom. The normalized spacial score (nSPS) is 16.9. The van der Waals surface area contributed by atoms with E-state index >= 15 is 0 Å². The Bertz CT molecular complexity index is 845. The average molecular weight is 402 g/mol. The largest absolute Gasteiger partial charge is 0.508 e. The standard InChI is InChI=1S/C18H16BrN3O3/c1-10-15(17(24)21-13-6-4-12(19)5-7-13)16(22-18(25)20-10)11-2-8-14(23)9-3-11/h2-9,16,23H,1H3,(H,21,24)(H2,20,22,25)/t16-/m1/s1. The Balaban J connectivity index is 1.92. The van der Waals surface area contributed by atoms with Gasteiger partial charge in [0.1, 0.15) is 5.75 Å². The molecule has 7 heteroatoms. The summed E-state index contributed by atoms with van der Waals surface area (Å²) in [6.45, 7) is 1.68. The molecule has 0 spiro atoms. The number of carbonyl (C=O) groups is 2. The van der Waals surface area contributed by atoms with Crippen molar-refractivity contribution < 1.29 is 14.7 Å². The van der Waals surface area contributed by atoms with Crippen molar-refractivity contribution in [2.45, 2.75) is 13.0 Å². The van der Waals surface area contributed by atoms with Crippen molar-refractivity contribution in [2.24, 2.45) is 0 Å². The maximum atomic E-state index is 12.8. The third-order valence-corrected chi connectivity index (χ3v) is 4.37. The molecule has 0 aromatic heterocycles. The molecule has 6 nitrogen and oxygen atoms in total. The summed E-state index contributed by atoms with van der Waals surface area (Å²) < 4.78 is 0.912. The lowest BCUT2D eigenvalue weighted by Crippen LogP contribution is -2.45. The Morgan fingerprint density at radius 3 is 2.40 bits per heavy atom. The molecule has 0 saturated carbocycles. The van der Waals surface area contributed by atoms with Crippen molar-refractivity contribution in [3.8, 4) is 5.75 Å². The predicted octanol–water partition coefficient (Wildman–Crippen LogP) is 3.42. The molecule has 0 saturated heterocycles. The molecule has 0 radical (unpaired) electrons.